The predicted molar refractivity (Wildman–Crippen MR) is 76.9 cm³/mol. The van der Waals surface area contributed by atoms with Crippen LogP contribution in [-0.2, 0) is 4.79 Å². The van der Waals surface area contributed by atoms with Gasteiger partial charge in [-0.3, -0.25) is 4.79 Å². The molecule has 7 heteroatoms. The van der Waals surface area contributed by atoms with E-state index in [1.807, 2.05) is 0 Å². The quantitative estimate of drug-likeness (QED) is 0.801. The molecule has 0 bridgehead atoms. The first-order chi connectivity index (χ1) is 9.95. The molecule has 5 nitrogen and oxygen atoms in total. The van der Waals surface area contributed by atoms with Crippen molar-refractivity contribution in [2.24, 2.45) is 5.92 Å². The number of amides is 2. The Kier molecular flexibility index (Phi) is 5.01. The minimum atomic E-state index is -0.832. The predicted octanol–water partition coefficient (Wildman–Crippen LogP) is 3.24. The average molecular weight is 315 g/mol. The molecule has 1 aromatic carbocycles. The lowest BCUT2D eigenvalue weighted by molar-refractivity contribution is -0.143. The first-order valence-electron chi connectivity index (χ1n) is 6.71. The molecule has 0 aromatic heterocycles. The van der Waals surface area contributed by atoms with Crippen molar-refractivity contribution < 1.29 is 19.1 Å². The third-order valence-electron chi connectivity index (χ3n) is 3.54. The normalized spacial score (nSPS) is 21.6. The number of carbonyl (C=O) groups is 2. The largest absolute Gasteiger partial charge is 0.481 e. The van der Waals surface area contributed by atoms with Crippen molar-refractivity contribution in [3.63, 3.8) is 0 Å². The SMILES string of the molecule is O=C(Nc1ccc(Cl)c(F)c1)NC1CCCC(C(=O)O)C1. The van der Waals surface area contributed by atoms with Gasteiger partial charge in [0.2, 0.25) is 0 Å². The second kappa shape index (κ2) is 6.76. The maximum absolute atomic E-state index is 13.3. The van der Waals surface area contributed by atoms with Crippen LogP contribution in [0.3, 0.4) is 0 Å². The molecule has 0 saturated heterocycles. The molecule has 2 amide bonds. The summed E-state index contributed by atoms with van der Waals surface area (Å²) in [4.78, 5) is 22.8. The third-order valence-corrected chi connectivity index (χ3v) is 3.84. The van der Waals surface area contributed by atoms with Gasteiger partial charge >= 0.3 is 12.0 Å². The molecule has 2 atom stereocenters. The molecular weight excluding hydrogens is 299 g/mol. The molecule has 114 valence electrons. The first kappa shape index (κ1) is 15.6. The molecule has 1 fully saturated rings. The number of hydrogen-bond acceptors (Lipinski definition) is 2. The van der Waals surface area contributed by atoms with E-state index in [1.54, 1.807) is 0 Å². The van der Waals surface area contributed by atoms with Gasteiger partial charge in [-0.05, 0) is 37.5 Å². The fourth-order valence-corrected chi connectivity index (χ4v) is 2.59. The van der Waals surface area contributed by atoms with Crippen LogP contribution in [0.5, 0.6) is 0 Å². The number of nitrogens with one attached hydrogen (secondary N) is 2. The highest BCUT2D eigenvalue weighted by atomic mass is 35.5. The molecule has 0 heterocycles. The van der Waals surface area contributed by atoms with Gasteiger partial charge in [-0.15, -0.1) is 0 Å². The van der Waals surface area contributed by atoms with Crippen LogP contribution in [0.4, 0.5) is 14.9 Å². The summed E-state index contributed by atoms with van der Waals surface area (Å²) < 4.78 is 13.3. The van der Waals surface area contributed by atoms with Crippen molar-refractivity contribution in [2.75, 3.05) is 5.32 Å². The van der Waals surface area contributed by atoms with Crippen LogP contribution in [0.2, 0.25) is 5.02 Å². The number of hydrogen-bond donors (Lipinski definition) is 3. The molecule has 0 radical (unpaired) electrons. The molecule has 3 N–H and O–H groups in total. The van der Waals surface area contributed by atoms with Crippen molar-refractivity contribution in [2.45, 2.75) is 31.7 Å². The van der Waals surface area contributed by atoms with Crippen LogP contribution >= 0.6 is 11.6 Å². The summed E-state index contributed by atoms with van der Waals surface area (Å²) in [5.41, 5.74) is 0.292. The summed E-state index contributed by atoms with van der Waals surface area (Å²) in [6.07, 6.45) is 2.55. The number of halogens is 2. The second-order valence-corrected chi connectivity index (χ2v) is 5.53. The summed E-state index contributed by atoms with van der Waals surface area (Å²) in [5, 5.41) is 14.2. The minimum Gasteiger partial charge on any atom is -0.481 e. The van der Waals surface area contributed by atoms with Gasteiger partial charge < -0.3 is 15.7 Å². The molecule has 1 aliphatic rings. The number of anilines is 1. The van der Waals surface area contributed by atoms with Gasteiger partial charge in [0.1, 0.15) is 5.82 Å². The number of urea groups is 1. The lowest BCUT2D eigenvalue weighted by Crippen LogP contribution is -2.42. The Morgan fingerprint density at radius 1 is 1.33 bits per heavy atom. The Hall–Kier alpha value is -1.82. The van der Waals surface area contributed by atoms with Crippen LogP contribution in [0.15, 0.2) is 18.2 Å². The number of carboxylic acid groups (broad SMARTS) is 1. The molecule has 2 unspecified atom stereocenters. The lowest BCUT2D eigenvalue weighted by Gasteiger charge is -2.27. The Morgan fingerprint density at radius 2 is 2.10 bits per heavy atom. The Morgan fingerprint density at radius 3 is 2.76 bits per heavy atom. The number of carboxylic acids is 1. The van der Waals surface area contributed by atoms with Gasteiger partial charge in [0.25, 0.3) is 0 Å². The van der Waals surface area contributed by atoms with Gasteiger partial charge in [-0.25, -0.2) is 9.18 Å². The van der Waals surface area contributed by atoms with E-state index in [0.717, 1.165) is 18.9 Å². The van der Waals surface area contributed by atoms with E-state index in [2.05, 4.69) is 10.6 Å². The summed E-state index contributed by atoms with van der Waals surface area (Å²) >= 11 is 5.56. The summed E-state index contributed by atoms with van der Waals surface area (Å²) in [6.45, 7) is 0. The highest BCUT2D eigenvalue weighted by Gasteiger charge is 2.27. The number of aliphatic carboxylic acids is 1. The van der Waals surface area contributed by atoms with Gasteiger partial charge in [0.05, 0.1) is 10.9 Å². The topological polar surface area (TPSA) is 78.4 Å². The van der Waals surface area contributed by atoms with Gasteiger partial charge in [0, 0.05) is 11.7 Å². The number of carbonyl (C=O) groups excluding carboxylic acids is 1. The van der Waals surface area contributed by atoms with E-state index >= 15 is 0 Å². The zero-order valence-electron chi connectivity index (χ0n) is 11.2. The molecule has 2 rings (SSSR count). The van der Waals surface area contributed by atoms with Gasteiger partial charge in [-0.2, -0.15) is 0 Å². The van der Waals surface area contributed by atoms with Crippen LogP contribution in [0.25, 0.3) is 0 Å². The van der Waals surface area contributed by atoms with Gasteiger partial charge in [-0.1, -0.05) is 18.0 Å². The molecule has 0 spiro atoms. The zero-order valence-corrected chi connectivity index (χ0v) is 12.0. The second-order valence-electron chi connectivity index (χ2n) is 5.13. The van der Waals surface area contributed by atoms with E-state index in [0.29, 0.717) is 18.5 Å². The maximum Gasteiger partial charge on any atom is 0.319 e. The summed E-state index contributed by atoms with van der Waals surface area (Å²) in [6, 6.07) is 3.31. The summed E-state index contributed by atoms with van der Waals surface area (Å²) in [7, 11) is 0. The van der Waals surface area contributed by atoms with E-state index in [1.165, 1.54) is 12.1 Å². The maximum atomic E-state index is 13.3. The van der Waals surface area contributed by atoms with Crippen LogP contribution < -0.4 is 10.6 Å². The molecule has 21 heavy (non-hydrogen) atoms. The average Bonchev–Trinajstić information content (AvgIpc) is 2.43. The molecular formula is C14H16ClFN2O3. The third kappa shape index (κ3) is 4.32. The zero-order chi connectivity index (χ0) is 15.4. The molecule has 1 aromatic rings. The summed E-state index contributed by atoms with van der Waals surface area (Å²) in [5.74, 6) is -1.86. The Balaban J connectivity index is 1.89. The Labute approximate surface area is 126 Å². The van der Waals surface area contributed by atoms with Crippen LogP contribution in [0.1, 0.15) is 25.7 Å². The van der Waals surface area contributed by atoms with Crippen molar-refractivity contribution in [3.05, 3.63) is 29.0 Å². The van der Waals surface area contributed by atoms with E-state index in [9.17, 15) is 14.0 Å². The smallest absolute Gasteiger partial charge is 0.319 e. The van der Waals surface area contributed by atoms with E-state index < -0.39 is 23.7 Å². The van der Waals surface area contributed by atoms with Crippen LogP contribution in [0, 0.1) is 11.7 Å². The minimum absolute atomic E-state index is 0.0162. The van der Waals surface area contributed by atoms with Crippen molar-refractivity contribution in [1.29, 1.82) is 0 Å². The molecule has 0 aliphatic heterocycles. The molecule has 1 aliphatic carbocycles. The van der Waals surface area contributed by atoms with Crippen molar-refractivity contribution in [1.82, 2.24) is 5.32 Å². The fourth-order valence-electron chi connectivity index (χ4n) is 2.47. The van der Waals surface area contributed by atoms with Crippen LogP contribution in [-0.4, -0.2) is 23.1 Å². The van der Waals surface area contributed by atoms with Crippen molar-refractivity contribution >= 4 is 29.3 Å². The monoisotopic (exact) mass is 314 g/mol. The molecule has 1 saturated carbocycles. The van der Waals surface area contributed by atoms with E-state index in [-0.39, 0.29) is 11.1 Å². The lowest BCUT2D eigenvalue weighted by atomic mass is 9.86. The van der Waals surface area contributed by atoms with E-state index in [4.69, 9.17) is 16.7 Å². The van der Waals surface area contributed by atoms with Gasteiger partial charge in [0.15, 0.2) is 0 Å². The van der Waals surface area contributed by atoms with Crippen molar-refractivity contribution in [3.8, 4) is 0 Å². The fraction of sp³-hybridized carbons (Fsp3) is 0.429. The Bertz CT molecular complexity index is 553. The highest BCUT2D eigenvalue weighted by molar-refractivity contribution is 6.30. The first-order valence-corrected chi connectivity index (χ1v) is 7.09. The standard InChI is InChI=1S/C14H16ClFN2O3/c15-11-5-4-10(7-12(11)16)18-14(21)17-9-3-1-2-8(6-9)13(19)20/h4-5,7-9H,1-3,6H2,(H,19,20)(H2,17,18,21). The number of rotatable bonds is 3. The highest BCUT2D eigenvalue weighted by Crippen LogP contribution is 2.24. The number of benzene rings is 1.